The van der Waals surface area contributed by atoms with Crippen molar-refractivity contribution in [2.45, 2.75) is 0 Å². The third-order valence-corrected chi connectivity index (χ3v) is 3.90. The van der Waals surface area contributed by atoms with Crippen LogP contribution >= 0.6 is 0 Å². The average molecular weight is 362 g/mol. The van der Waals surface area contributed by atoms with Crippen molar-refractivity contribution in [2.75, 3.05) is 33.4 Å². The van der Waals surface area contributed by atoms with E-state index in [0.29, 0.717) is 28.6 Å². The van der Waals surface area contributed by atoms with Gasteiger partial charge in [0.25, 0.3) is 5.56 Å². The third-order valence-electron chi connectivity index (χ3n) is 3.90. The molecule has 0 bridgehead atoms. The summed E-state index contributed by atoms with van der Waals surface area (Å²) in [6.07, 6.45) is 1.56. The zero-order chi connectivity index (χ0) is 19.4. The van der Waals surface area contributed by atoms with E-state index in [2.05, 4.69) is 5.10 Å². The zero-order valence-corrected chi connectivity index (χ0v) is 15.6. The van der Waals surface area contributed by atoms with Crippen molar-refractivity contribution in [3.63, 3.8) is 0 Å². The molecule has 0 fully saturated rings. The Morgan fingerprint density at radius 3 is 2.04 bits per heavy atom. The van der Waals surface area contributed by atoms with Gasteiger partial charge in [0.15, 0.2) is 11.5 Å². The first-order valence-electron chi connectivity index (χ1n) is 7.68. The van der Waals surface area contributed by atoms with E-state index in [1.165, 1.54) is 44.0 Å². The summed E-state index contributed by atoms with van der Waals surface area (Å²) in [5.41, 5.74) is -0.138. The summed E-state index contributed by atoms with van der Waals surface area (Å²) in [4.78, 5) is 23.9. The van der Waals surface area contributed by atoms with E-state index < -0.39 is 11.2 Å². The highest BCUT2D eigenvalue weighted by molar-refractivity contribution is 5.83. The SMILES string of the molecule is COc1cc(/C=N/N(C)c2cc(=O)n(C)c(=O)n2C)cc(OC)c1OC. The molecule has 0 atom stereocenters. The number of hydrogen-bond acceptors (Lipinski definition) is 7. The molecule has 0 saturated heterocycles. The zero-order valence-electron chi connectivity index (χ0n) is 15.6. The highest BCUT2D eigenvalue weighted by Crippen LogP contribution is 2.37. The maximum atomic E-state index is 12.0. The van der Waals surface area contributed by atoms with E-state index in [4.69, 9.17) is 14.2 Å². The van der Waals surface area contributed by atoms with Crippen molar-refractivity contribution in [3.8, 4) is 17.2 Å². The molecule has 0 N–H and O–H groups in total. The topological polar surface area (TPSA) is 87.3 Å². The minimum atomic E-state index is -0.428. The molecule has 9 heteroatoms. The van der Waals surface area contributed by atoms with Crippen molar-refractivity contribution in [3.05, 3.63) is 44.6 Å². The van der Waals surface area contributed by atoms with E-state index in [9.17, 15) is 9.59 Å². The van der Waals surface area contributed by atoms with Crippen LogP contribution < -0.4 is 30.5 Å². The van der Waals surface area contributed by atoms with Crippen molar-refractivity contribution in [1.82, 2.24) is 9.13 Å². The van der Waals surface area contributed by atoms with E-state index in [0.717, 1.165) is 4.57 Å². The summed E-state index contributed by atoms with van der Waals surface area (Å²) in [6, 6.07) is 4.82. The predicted octanol–water partition coefficient (Wildman–Crippen LogP) is 0.580. The van der Waals surface area contributed by atoms with Crippen LogP contribution in [0.1, 0.15) is 5.56 Å². The van der Waals surface area contributed by atoms with Crippen LogP contribution in [0.4, 0.5) is 5.82 Å². The van der Waals surface area contributed by atoms with Gasteiger partial charge in [-0.3, -0.25) is 18.9 Å². The van der Waals surface area contributed by atoms with Crippen molar-refractivity contribution >= 4 is 12.0 Å². The quantitative estimate of drug-likeness (QED) is 0.552. The Balaban J connectivity index is 2.41. The van der Waals surface area contributed by atoms with Crippen LogP contribution in [0.5, 0.6) is 17.2 Å². The second-order valence-corrected chi connectivity index (χ2v) is 5.47. The van der Waals surface area contributed by atoms with Gasteiger partial charge in [-0.15, -0.1) is 0 Å². The number of hydrogen-bond donors (Lipinski definition) is 0. The van der Waals surface area contributed by atoms with Gasteiger partial charge in [0.2, 0.25) is 5.75 Å². The maximum absolute atomic E-state index is 12.0. The van der Waals surface area contributed by atoms with Crippen LogP contribution in [-0.4, -0.2) is 43.7 Å². The first-order valence-corrected chi connectivity index (χ1v) is 7.68. The lowest BCUT2D eigenvalue weighted by Crippen LogP contribution is -2.38. The van der Waals surface area contributed by atoms with Gasteiger partial charge < -0.3 is 14.2 Å². The Morgan fingerprint density at radius 1 is 0.962 bits per heavy atom. The molecule has 0 aliphatic rings. The molecule has 2 rings (SSSR count). The molecule has 0 saturated carbocycles. The summed E-state index contributed by atoms with van der Waals surface area (Å²) >= 11 is 0. The molecule has 0 unspecified atom stereocenters. The number of aromatic nitrogens is 2. The van der Waals surface area contributed by atoms with Crippen LogP contribution in [0.15, 0.2) is 32.9 Å². The molecule has 0 aliphatic carbocycles. The number of hydrazone groups is 1. The van der Waals surface area contributed by atoms with Gasteiger partial charge in [0.05, 0.1) is 27.5 Å². The number of benzene rings is 1. The molecule has 0 amide bonds. The molecule has 1 heterocycles. The molecule has 0 aliphatic heterocycles. The fourth-order valence-corrected chi connectivity index (χ4v) is 2.42. The number of anilines is 1. The minimum absolute atomic E-state index is 0.363. The van der Waals surface area contributed by atoms with Gasteiger partial charge in [-0.1, -0.05) is 0 Å². The van der Waals surface area contributed by atoms with Crippen LogP contribution in [0.3, 0.4) is 0 Å². The lowest BCUT2D eigenvalue weighted by atomic mass is 10.2. The second-order valence-electron chi connectivity index (χ2n) is 5.47. The first kappa shape index (κ1) is 19.1. The summed E-state index contributed by atoms with van der Waals surface area (Å²) < 4.78 is 18.3. The predicted molar refractivity (Wildman–Crippen MR) is 99.0 cm³/mol. The minimum Gasteiger partial charge on any atom is -0.493 e. The Labute approximate surface area is 150 Å². The fourth-order valence-electron chi connectivity index (χ4n) is 2.42. The van der Waals surface area contributed by atoms with Crippen LogP contribution in [0, 0.1) is 0 Å². The number of rotatable bonds is 6. The van der Waals surface area contributed by atoms with E-state index in [-0.39, 0.29) is 0 Å². The average Bonchev–Trinajstić information content (AvgIpc) is 2.66. The standard InChI is InChI=1S/C17H22N4O5/c1-19-14(9-15(22)20(2)17(19)23)21(3)18-10-11-7-12(24-4)16(26-6)13(8-11)25-5/h7-10H,1-6H3/b18-10+. The lowest BCUT2D eigenvalue weighted by Gasteiger charge is -2.17. The van der Waals surface area contributed by atoms with E-state index in [1.54, 1.807) is 32.4 Å². The van der Waals surface area contributed by atoms with Crippen LogP contribution in [0.2, 0.25) is 0 Å². The summed E-state index contributed by atoms with van der Waals surface area (Å²) in [6.45, 7) is 0. The number of nitrogens with zero attached hydrogens (tertiary/aromatic N) is 4. The first-order chi connectivity index (χ1) is 12.3. The molecule has 0 radical (unpaired) electrons. The maximum Gasteiger partial charge on any atom is 0.332 e. The largest absolute Gasteiger partial charge is 0.493 e. The van der Waals surface area contributed by atoms with Gasteiger partial charge in [0, 0.05) is 32.8 Å². The van der Waals surface area contributed by atoms with Gasteiger partial charge in [-0.05, 0) is 12.1 Å². The Bertz CT molecular complexity index is 920. The molecule has 9 nitrogen and oxygen atoms in total. The second kappa shape index (κ2) is 7.77. The molecule has 2 aromatic rings. The van der Waals surface area contributed by atoms with E-state index >= 15 is 0 Å². The van der Waals surface area contributed by atoms with Crippen molar-refractivity contribution in [2.24, 2.45) is 19.2 Å². The number of ether oxygens (including phenoxy) is 3. The number of methoxy groups -OCH3 is 3. The van der Waals surface area contributed by atoms with Gasteiger partial charge in [0.1, 0.15) is 5.82 Å². The lowest BCUT2D eigenvalue weighted by molar-refractivity contribution is 0.324. The smallest absolute Gasteiger partial charge is 0.332 e. The monoisotopic (exact) mass is 362 g/mol. The van der Waals surface area contributed by atoms with E-state index in [1.807, 2.05) is 0 Å². The molecule has 1 aromatic carbocycles. The Morgan fingerprint density at radius 2 is 1.54 bits per heavy atom. The summed E-state index contributed by atoms with van der Waals surface area (Å²) in [7, 11) is 9.22. The highest BCUT2D eigenvalue weighted by Gasteiger charge is 2.13. The molecule has 0 spiro atoms. The molecular formula is C17H22N4O5. The van der Waals surface area contributed by atoms with Gasteiger partial charge in [-0.2, -0.15) is 5.10 Å². The summed E-state index contributed by atoms with van der Waals surface area (Å²) in [5.74, 6) is 1.84. The van der Waals surface area contributed by atoms with Gasteiger partial charge in [-0.25, -0.2) is 4.79 Å². The van der Waals surface area contributed by atoms with Crippen LogP contribution in [0.25, 0.3) is 0 Å². The molecular weight excluding hydrogens is 340 g/mol. The van der Waals surface area contributed by atoms with Gasteiger partial charge >= 0.3 is 5.69 Å². The highest BCUT2D eigenvalue weighted by atomic mass is 16.5. The molecule has 140 valence electrons. The van der Waals surface area contributed by atoms with Crippen LogP contribution in [-0.2, 0) is 14.1 Å². The summed E-state index contributed by atoms with van der Waals surface area (Å²) in [5, 5.41) is 5.73. The Hall–Kier alpha value is -3.23. The fraction of sp³-hybridized carbons (Fsp3) is 0.353. The molecule has 26 heavy (non-hydrogen) atoms. The normalized spacial score (nSPS) is 10.8. The van der Waals surface area contributed by atoms with Crippen molar-refractivity contribution < 1.29 is 14.2 Å². The Kier molecular flexibility index (Phi) is 5.71. The third kappa shape index (κ3) is 3.56. The molecule has 1 aromatic heterocycles. The van der Waals surface area contributed by atoms with Crippen molar-refractivity contribution in [1.29, 1.82) is 0 Å².